The lowest BCUT2D eigenvalue weighted by Crippen LogP contribution is -2.42. The van der Waals surface area contributed by atoms with Crippen molar-refractivity contribution in [3.63, 3.8) is 0 Å². The molecule has 0 spiro atoms. The number of nitrogens with zero attached hydrogens (tertiary/aromatic N) is 6. The number of rotatable bonds is 10. The van der Waals surface area contributed by atoms with Gasteiger partial charge in [-0.2, -0.15) is 10.2 Å². The molecule has 3 rings (SSSR count). The number of carbonyl (C=O) groups excluding carboxylic acids is 2. The van der Waals surface area contributed by atoms with Gasteiger partial charge in [-0.1, -0.05) is 30.3 Å². The monoisotopic (exact) mass is 465 g/mol. The summed E-state index contributed by atoms with van der Waals surface area (Å²) in [4.78, 5) is 32.4. The number of morpholine rings is 1. The van der Waals surface area contributed by atoms with Gasteiger partial charge in [-0.05, 0) is 11.6 Å². The average molecular weight is 466 g/mol. The number of hydrogen-bond acceptors (Lipinski definition) is 7. The molecule has 0 saturated carbocycles. The van der Waals surface area contributed by atoms with E-state index in [-0.39, 0.29) is 23.2 Å². The number of aromatic nitrogens is 2. The van der Waals surface area contributed by atoms with Crippen molar-refractivity contribution in [1.29, 1.82) is 0 Å². The van der Waals surface area contributed by atoms with E-state index in [9.17, 15) is 9.59 Å². The molecule has 1 unspecified atom stereocenters. The van der Waals surface area contributed by atoms with E-state index in [1.807, 2.05) is 30.3 Å². The van der Waals surface area contributed by atoms with Crippen molar-refractivity contribution < 1.29 is 14.3 Å². The number of aryl methyl sites for hydroxylation is 1. The van der Waals surface area contributed by atoms with Crippen LogP contribution in [0.15, 0.2) is 58.9 Å². The summed E-state index contributed by atoms with van der Waals surface area (Å²) in [5.41, 5.74) is 1.59. The summed E-state index contributed by atoms with van der Waals surface area (Å²) >= 11 is 0. The van der Waals surface area contributed by atoms with Gasteiger partial charge >= 0.3 is 0 Å². The fourth-order valence-corrected chi connectivity index (χ4v) is 3.44. The number of aliphatic imine (C=N–C) groups is 1. The Balaban J connectivity index is 1.71. The second kappa shape index (κ2) is 12.4. The molecule has 10 nitrogen and oxygen atoms in total. The smallest absolute Gasteiger partial charge is 0.270 e. The van der Waals surface area contributed by atoms with E-state index in [0.717, 1.165) is 5.56 Å². The minimum absolute atomic E-state index is 0.214. The zero-order valence-corrected chi connectivity index (χ0v) is 19.6. The molecule has 1 fully saturated rings. The third-order valence-electron chi connectivity index (χ3n) is 5.36. The van der Waals surface area contributed by atoms with Crippen molar-refractivity contribution in [3.05, 3.63) is 65.6 Å². The van der Waals surface area contributed by atoms with E-state index < -0.39 is 5.91 Å². The Bertz CT molecular complexity index is 1030. The van der Waals surface area contributed by atoms with Crippen LogP contribution in [0.3, 0.4) is 0 Å². The predicted molar refractivity (Wildman–Crippen MR) is 131 cm³/mol. The van der Waals surface area contributed by atoms with Crippen LogP contribution in [-0.4, -0.2) is 83.8 Å². The fraction of sp³-hybridized carbons (Fsp3) is 0.375. The van der Waals surface area contributed by atoms with Gasteiger partial charge in [0, 0.05) is 52.7 Å². The van der Waals surface area contributed by atoms with Crippen LogP contribution in [0, 0.1) is 0 Å². The summed E-state index contributed by atoms with van der Waals surface area (Å²) in [7, 11) is 3.39. The van der Waals surface area contributed by atoms with Gasteiger partial charge in [0.05, 0.1) is 37.6 Å². The average Bonchev–Trinajstić information content (AvgIpc) is 3.26. The van der Waals surface area contributed by atoms with E-state index in [0.29, 0.717) is 39.3 Å². The van der Waals surface area contributed by atoms with Crippen LogP contribution in [0.4, 0.5) is 0 Å². The summed E-state index contributed by atoms with van der Waals surface area (Å²) in [6.45, 7) is 5.97. The Morgan fingerprint density at radius 3 is 2.74 bits per heavy atom. The summed E-state index contributed by atoms with van der Waals surface area (Å²) < 4.78 is 6.74. The van der Waals surface area contributed by atoms with Crippen molar-refractivity contribution in [2.45, 2.75) is 19.0 Å². The van der Waals surface area contributed by atoms with Gasteiger partial charge in [0.1, 0.15) is 5.69 Å². The zero-order valence-electron chi connectivity index (χ0n) is 19.6. The lowest BCUT2D eigenvalue weighted by Gasteiger charge is -2.26. The molecule has 1 aromatic heterocycles. The summed E-state index contributed by atoms with van der Waals surface area (Å²) in [5, 5.41) is 12.5. The van der Waals surface area contributed by atoms with E-state index in [2.05, 4.69) is 27.2 Å². The molecule has 34 heavy (non-hydrogen) atoms. The highest BCUT2D eigenvalue weighted by atomic mass is 16.5. The molecule has 180 valence electrons. The summed E-state index contributed by atoms with van der Waals surface area (Å²) in [6.07, 6.45) is 7.21. The van der Waals surface area contributed by atoms with Crippen LogP contribution < -0.4 is 5.32 Å². The first-order valence-corrected chi connectivity index (χ1v) is 11.1. The largest absolute Gasteiger partial charge is 0.378 e. The molecule has 1 N–H and O–H groups in total. The van der Waals surface area contributed by atoms with Gasteiger partial charge in [0.2, 0.25) is 0 Å². The third-order valence-corrected chi connectivity index (χ3v) is 5.36. The number of ether oxygens (including phenoxy) is 1. The van der Waals surface area contributed by atoms with Crippen LogP contribution in [0.2, 0.25) is 0 Å². The Hall–Kier alpha value is -3.79. The number of benzene rings is 1. The second-order valence-electron chi connectivity index (χ2n) is 7.82. The third kappa shape index (κ3) is 6.85. The van der Waals surface area contributed by atoms with Crippen molar-refractivity contribution in [2.75, 3.05) is 33.4 Å². The predicted octanol–water partition coefficient (Wildman–Crippen LogP) is 1.71. The second-order valence-corrected chi connectivity index (χ2v) is 7.82. The molecule has 0 aliphatic carbocycles. The van der Waals surface area contributed by atoms with Crippen molar-refractivity contribution in [2.24, 2.45) is 17.1 Å². The van der Waals surface area contributed by atoms with Gasteiger partial charge < -0.3 is 15.0 Å². The molecule has 2 amide bonds. The first kappa shape index (κ1) is 24.8. The lowest BCUT2D eigenvalue weighted by atomic mass is 10.1. The quantitative estimate of drug-likeness (QED) is 0.425. The van der Waals surface area contributed by atoms with Crippen LogP contribution in [0.5, 0.6) is 0 Å². The molecule has 2 heterocycles. The fourth-order valence-electron chi connectivity index (χ4n) is 3.44. The number of carbonyl (C=O) groups is 2. The van der Waals surface area contributed by atoms with Gasteiger partial charge in [0.15, 0.2) is 0 Å². The Labute approximate surface area is 199 Å². The standard InChI is InChI=1S/C24H31N7O3/c1-25-29(2)12-10-20(9-11-26-17-19-7-5-4-6-8-19)28-23(32)22-21(18-27-30(22)3)24(33)31-13-15-34-16-14-31/h4-8,10-12,18,20H,1,9,13-17H2,2-3H3,(H,28,32)/b12-10-,26-11+. The molecular weight excluding hydrogens is 434 g/mol. The maximum Gasteiger partial charge on any atom is 0.270 e. The molecule has 1 aliphatic rings. The van der Waals surface area contributed by atoms with E-state index in [4.69, 9.17) is 4.74 Å². The maximum absolute atomic E-state index is 13.2. The summed E-state index contributed by atoms with van der Waals surface area (Å²) in [6, 6.07) is 9.55. The van der Waals surface area contributed by atoms with E-state index in [1.165, 1.54) is 15.9 Å². The normalized spacial score (nSPS) is 14.9. The zero-order chi connectivity index (χ0) is 24.3. The maximum atomic E-state index is 13.2. The van der Waals surface area contributed by atoms with Crippen molar-refractivity contribution in [1.82, 2.24) is 25.0 Å². The van der Waals surface area contributed by atoms with Crippen molar-refractivity contribution in [3.8, 4) is 0 Å². The van der Waals surface area contributed by atoms with Crippen molar-refractivity contribution >= 4 is 24.7 Å². The highest BCUT2D eigenvalue weighted by Gasteiger charge is 2.27. The van der Waals surface area contributed by atoms with Gasteiger partial charge in [-0.15, -0.1) is 0 Å². The molecule has 1 aliphatic heterocycles. The number of amides is 2. The molecular formula is C24H31N7O3. The topological polar surface area (TPSA) is 104 Å². The van der Waals surface area contributed by atoms with Gasteiger partial charge in [-0.3, -0.25) is 24.3 Å². The van der Waals surface area contributed by atoms with Crippen LogP contribution in [0.1, 0.15) is 32.8 Å². The molecule has 10 heteroatoms. The first-order chi connectivity index (χ1) is 16.5. The molecule has 1 aromatic carbocycles. The molecule has 0 bridgehead atoms. The van der Waals surface area contributed by atoms with Crippen LogP contribution >= 0.6 is 0 Å². The lowest BCUT2D eigenvalue weighted by molar-refractivity contribution is 0.0301. The van der Waals surface area contributed by atoms with Crippen LogP contribution in [-0.2, 0) is 18.3 Å². The SMILES string of the molecule is C=NN(C)/C=C\C(C/C=N/Cc1ccccc1)NC(=O)c1c(C(=O)N2CCOCC2)cnn1C. The number of hydrazone groups is 1. The van der Waals surface area contributed by atoms with E-state index in [1.54, 1.807) is 37.5 Å². The number of nitrogens with one attached hydrogen (secondary N) is 1. The molecule has 1 saturated heterocycles. The molecule has 1 atom stereocenters. The number of hydrogen-bond donors (Lipinski definition) is 1. The highest BCUT2D eigenvalue weighted by molar-refractivity contribution is 6.06. The Kier molecular flexibility index (Phi) is 9.10. The minimum Gasteiger partial charge on any atom is -0.378 e. The Morgan fingerprint density at radius 2 is 2.03 bits per heavy atom. The first-order valence-electron chi connectivity index (χ1n) is 11.1. The molecule has 0 radical (unpaired) electrons. The highest BCUT2D eigenvalue weighted by Crippen LogP contribution is 2.13. The van der Waals surface area contributed by atoms with Gasteiger partial charge in [-0.25, -0.2) is 0 Å². The van der Waals surface area contributed by atoms with E-state index >= 15 is 0 Å². The molecule has 2 aromatic rings. The van der Waals surface area contributed by atoms with Gasteiger partial charge in [0.25, 0.3) is 11.8 Å². The minimum atomic E-state index is -0.392. The summed E-state index contributed by atoms with van der Waals surface area (Å²) in [5.74, 6) is -0.620. The Morgan fingerprint density at radius 1 is 1.29 bits per heavy atom. The van der Waals surface area contributed by atoms with Crippen LogP contribution in [0.25, 0.3) is 0 Å².